The van der Waals surface area contributed by atoms with E-state index in [0.29, 0.717) is 5.92 Å². The van der Waals surface area contributed by atoms with Crippen molar-refractivity contribution < 1.29 is 4.79 Å². The van der Waals surface area contributed by atoms with Gasteiger partial charge in [-0.15, -0.1) is 0 Å². The summed E-state index contributed by atoms with van der Waals surface area (Å²) in [6.07, 6.45) is 10.3. The van der Waals surface area contributed by atoms with Crippen LogP contribution in [0.1, 0.15) is 62.0 Å². The molecule has 2 heteroatoms. The largest absolute Gasteiger partial charge is 0.295 e. The van der Waals surface area contributed by atoms with E-state index in [1.165, 1.54) is 0 Å². The molecule has 0 radical (unpaired) electrons. The Hall–Kier alpha value is -2.40. The SMILES string of the molecule is CC=CC=CC1=NC(C)C(C#Cc2cc(C(C)=O)ccc2C)C(CC)C1. The minimum atomic E-state index is 0.0766. The molecule has 2 rings (SSSR count). The van der Waals surface area contributed by atoms with Crippen LogP contribution in [0.4, 0.5) is 0 Å². The van der Waals surface area contributed by atoms with Crippen LogP contribution in [0.15, 0.2) is 47.5 Å². The lowest BCUT2D eigenvalue weighted by Crippen LogP contribution is -2.30. The van der Waals surface area contributed by atoms with Crippen molar-refractivity contribution in [3.63, 3.8) is 0 Å². The summed E-state index contributed by atoms with van der Waals surface area (Å²) in [6.45, 7) is 10.0. The van der Waals surface area contributed by atoms with Gasteiger partial charge in [-0.2, -0.15) is 0 Å². The third kappa shape index (κ3) is 5.05. The van der Waals surface area contributed by atoms with Crippen LogP contribution in [-0.4, -0.2) is 17.5 Å². The minimum absolute atomic E-state index is 0.0766. The van der Waals surface area contributed by atoms with Gasteiger partial charge in [0, 0.05) is 22.8 Å². The topological polar surface area (TPSA) is 29.4 Å². The number of Topliss-reactive ketones (excluding diaryl/α,β-unsaturated/α-hetero) is 1. The average Bonchev–Trinajstić information content (AvgIpc) is 2.61. The Bertz CT molecular complexity index is 801. The van der Waals surface area contributed by atoms with Crippen LogP contribution in [0.5, 0.6) is 0 Å². The fourth-order valence-electron chi connectivity index (χ4n) is 3.35. The number of carbonyl (C=O) groups is 1. The molecule has 3 atom stereocenters. The van der Waals surface area contributed by atoms with E-state index in [2.05, 4.69) is 37.8 Å². The van der Waals surface area contributed by atoms with E-state index in [1.807, 2.05) is 44.2 Å². The first-order valence-electron chi connectivity index (χ1n) is 9.45. The summed E-state index contributed by atoms with van der Waals surface area (Å²) in [5.41, 5.74) is 3.94. The Morgan fingerprint density at radius 1 is 1.35 bits per heavy atom. The average molecular weight is 348 g/mol. The molecule has 0 saturated heterocycles. The van der Waals surface area contributed by atoms with Gasteiger partial charge in [-0.05, 0) is 57.7 Å². The van der Waals surface area contributed by atoms with Crippen molar-refractivity contribution in [2.45, 2.75) is 53.5 Å². The number of allylic oxidation sites excluding steroid dienone is 4. The molecule has 0 aliphatic carbocycles. The van der Waals surface area contributed by atoms with Crippen molar-refractivity contribution in [3.05, 3.63) is 59.2 Å². The van der Waals surface area contributed by atoms with Gasteiger partial charge < -0.3 is 0 Å². The molecule has 1 aliphatic rings. The number of aryl methyl sites for hydroxylation is 1. The standard InChI is InChI=1S/C24H29NO/c1-6-8-9-10-23-16-20(7-2)24(18(4)25-23)14-13-21-15-22(19(5)26)12-11-17(21)3/h6,8-12,15,18,20,24H,7,16H2,1-5H3. The highest BCUT2D eigenvalue weighted by molar-refractivity contribution is 5.96. The first-order valence-corrected chi connectivity index (χ1v) is 9.45. The number of nitrogens with zero attached hydrogens (tertiary/aromatic N) is 1. The normalized spacial score (nSPS) is 23.0. The second-order valence-corrected chi connectivity index (χ2v) is 7.00. The second kappa shape index (κ2) is 9.34. The summed E-state index contributed by atoms with van der Waals surface area (Å²) >= 11 is 0. The Kier molecular flexibility index (Phi) is 7.16. The zero-order valence-corrected chi connectivity index (χ0v) is 16.5. The highest BCUT2D eigenvalue weighted by atomic mass is 16.1. The maximum atomic E-state index is 11.6. The van der Waals surface area contributed by atoms with Crippen molar-refractivity contribution >= 4 is 11.5 Å². The molecule has 0 fully saturated rings. The van der Waals surface area contributed by atoms with E-state index >= 15 is 0 Å². The number of hydrogen-bond donors (Lipinski definition) is 0. The van der Waals surface area contributed by atoms with E-state index in [4.69, 9.17) is 4.99 Å². The van der Waals surface area contributed by atoms with Crippen molar-refractivity contribution in [2.24, 2.45) is 16.8 Å². The molecule has 0 spiro atoms. The zero-order valence-electron chi connectivity index (χ0n) is 16.5. The van der Waals surface area contributed by atoms with E-state index in [0.717, 1.165) is 35.2 Å². The van der Waals surface area contributed by atoms with Gasteiger partial charge in [0.25, 0.3) is 0 Å². The molecule has 0 amide bonds. The molecule has 136 valence electrons. The van der Waals surface area contributed by atoms with E-state index in [-0.39, 0.29) is 17.7 Å². The smallest absolute Gasteiger partial charge is 0.159 e. The van der Waals surface area contributed by atoms with E-state index in [9.17, 15) is 4.79 Å². The Morgan fingerprint density at radius 2 is 2.12 bits per heavy atom. The molecule has 1 aromatic carbocycles. The lowest BCUT2D eigenvalue weighted by atomic mass is 9.79. The fraction of sp³-hybridized carbons (Fsp3) is 0.417. The van der Waals surface area contributed by atoms with E-state index in [1.54, 1.807) is 6.92 Å². The van der Waals surface area contributed by atoms with Crippen LogP contribution < -0.4 is 0 Å². The molecule has 1 aromatic rings. The summed E-state index contributed by atoms with van der Waals surface area (Å²) in [5, 5.41) is 0. The van der Waals surface area contributed by atoms with Crippen LogP contribution >= 0.6 is 0 Å². The summed E-state index contributed by atoms with van der Waals surface area (Å²) in [4.78, 5) is 16.5. The van der Waals surface area contributed by atoms with Gasteiger partial charge in [0.05, 0.1) is 6.04 Å². The van der Waals surface area contributed by atoms with Gasteiger partial charge in [-0.3, -0.25) is 9.79 Å². The molecule has 1 heterocycles. The van der Waals surface area contributed by atoms with Crippen LogP contribution in [-0.2, 0) is 0 Å². The Morgan fingerprint density at radius 3 is 2.77 bits per heavy atom. The summed E-state index contributed by atoms with van der Waals surface area (Å²) in [7, 11) is 0. The molecule has 0 saturated carbocycles. The summed E-state index contributed by atoms with van der Waals surface area (Å²) in [6, 6.07) is 5.94. The molecule has 0 bridgehead atoms. The number of benzene rings is 1. The summed E-state index contributed by atoms with van der Waals surface area (Å²) < 4.78 is 0. The van der Waals surface area contributed by atoms with Gasteiger partial charge in [0.1, 0.15) is 0 Å². The first-order chi connectivity index (χ1) is 12.5. The lowest BCUT2D eigenvalue weighted by Gasteiger charge is -2.30. The van der Waals surface area contributed by atoms with Crippen molar-refractivity contribution in [2.75, 3.05) is 0 Å². The van der Waals surface area contributed by atoms with Crippen molar-refractivity contribution in [3.8, 4) is 11.8 Å². The van der Waals surface area contributed by atoms with Crippen molar-refractivity contribution in [1.82, 2.24) is 0 Å². The maximum Gasteiger partial charge on any atom is 0.159 e. The third-order valence-electron chi connectivity index (χ3n) is 5.00. The van der Waals surface area contributed by atoms with Crippen molar-refractivity contribution in [1.29, 1.82) is 0 Å². The molecule has 0 aromatic heterocycles. The van der Waals surface area contributed by atoms with Gasteiger partial charge in [-0.1, -0.05) is 55.5 Å². The Labute approximate surface area is 158 Å². The minimum Gasteiger partial charge on any atom is -0.295 e. The number of ketones is 1. The van der Waals surface area contributed by atoms with Gasteiger partial charge >= 0.3 is 0 Å². The molecule has 26 heavy (non-hydrogen) atoms. The van der Waals surface area contributed by atoms with Crippen LogP contribution in [0, 0.1) is 30.6 Å². The van der Waals surface area contributed by atoms with Gasteiger partial charge in [-0.25, -0.2) is 0 Å². The van der Waals surface area contributed by atoms with Crippen LogP contribution in [0.3, 0.4) is 0 Å². The number of rotatable bonds is 4. The summed E-state index contributed by atoms with van der Waals surface area (Å²) in [5.74, 6) is 7.65. The highest BCUT2D eigenvalue weighted by Crippen LogP contribution is 2.30. The number of carbonyl (C=O) groups excluding carboxylic acids is 1. The lowest BCUT2D eigenvalue weighted by molar-refractivity contribution is 0.101. The maximum absolute atomic E-state index is 11.6. The van der Waals surface area contributed by atoms with Gasteiger partial charge in [0.2, 0.25) is 0 Å². The zero-order chi connectivity index (χ0) is 19.1. The number of hydrogen-bond acceptors (Lipinski definition) is 2. The van der Waals surface area contributed by atoms with Crippen LogP contribution in [0.2, 0.25) is 0 Å². The molecule has 0 N–H and O–H groups in total. The van der Waals surface area contributed by atoms with E-state index < -0.39 is 0 Å². The molecule has 3 unspecified atom stereocenters. The number of aliphatic imine (C=N–C) groups is 1. The fourth-order valence-corrected chi connectivity index (χ4v) is 3.35. The molecule has 1 aliphatic heterocycles. The second-order valence-electron chi connectivity index (χ2n) is 7.00. The highest BCUT2D eigenvalue weighted by Gasteiger charge is 2.29. The quantitative estimate of drug-likeness (QED) is 0.398. The first kappa shape index (κ1) is 19.9. The predicted molar refractivity (Wildman–Crippen MR) is 111 cm³/mol. The van der Waals surface area contributed by atoms with Gasteiger partial charge in [0.15, 0.2) is 5.78 Å². The Balaban J connectivity index is 2.28. The van der Waals surface area contributed by atoms with Crippen LogP contribution in [0.25, 0.3) is 0 Å². The third-order valence-corrected chi connectivity index (χ3v) is 5.00. The molecular weight excluding hydrogens is 318 g/mol. The predicted octanol–water partition coefficient (Wildman–Crippen LogP) is 5.56. The molecular formula is C24H29NO. The molecule has 2 nitrogen and oxygen atoms in total. The monoisotopic (exact) mass is 347 g/mol.